The molecule has 0 aliphatic rings. The highest BCUT2D eigenvalue weighted by molar-refractivity contribution is 6.33. The number of benzene rings is 1. The van der Waals surface area contributed by atoms with Crippen LogP contribution in [-0.4, -0.2) is 4.98 Å². The van der Waals surface area contributed by atoms with Crippen LogP contribution in [0.25, 0.3) is 11.3 Å². The van der Waals surface area contributed by atoms with Crippen molar-refractivity contribution in [2.75, 3.05) is 0 Å². The molecule has 0 atom stereocenters. The molecule has 2 aromatic rings. The first-order chi connectivity index (χ1) is 6.77. The molecule has 0 aliphatic heterocycles. The van der Waals surface area contributed by atoms with Crippen LogP contribution >= 0.6 is 11.6 Å². The third kappa shape index (κ3) is 1.78. The van der Waals surface area contributed by atoms with Crippen molar-refractivity contribution in [1.82, 2.24) is 4.98 Å². The van der Waals surface area contributed by atoms with E-state index in [4.69, 9.17) is 11.6 Å². The van der Waals surface area contributed by atoms with E-state index >= 15 is 0 Å². The average Bonchev–Trinajstić information content (AvgIpc) is 2.23. The first-order valence-corrected chi connectivity index (χ1v) is 4.84. The maximum atomic E-state index is 6.07. The number of halogens is 1. The van der Waals surface area contributed by atoms with E-state index in [2.05, 4.69) is 4.98 Å². The lowest BCUT2D eigenvalue weighted by molar-refractivity contribution is 1.20. The Bertz CT molecular complexity index is 437. The fraction of sp³-hybridized carbons (Fsp3) is 0.0833. The van der Waals surface area contributed by atoms with E-state index in [9.17, 15) is 0 Å². The quantitative estimate of drug-likeness (QED) is 0.689. The minimum absolute atomic E-state index is 0.696. The Morgan fingerprint density at radius 3 is 2.43 bits per heavy atom. The monoisotopic (exact) mass is 203 g/mol. The summed E-state index contributed by atoms with van der Waals surface area (Å²) >= 11 is 6.07. The Morgan fingerprint density at radius 1 is 1.00 bits per heavy atom. The van der Waals surface area contributed by atoms with Gasteiger partial charge in [-0.1, -0.05) is 41.9 Å². The molecule has 0 unspecified atom stereocenters. The first-order valence-electron chi connectivity index (χ1n) is 4.46. The van der Waals surface area contributed by atoms with Crippen LogP contribution in [0.1, 0.15) is 5.69 Å². The van der Waals surface area contributed by atoms with Crippen LogP contribution in [0.15, 0.2) is 42.5 Å². The largest absolute Gasteiger partial charge is 0.252 e. The molecular weight excluding hydrogens is 194 g/mol. The van der Waals surface area contributed by atoms with E-state index < -0.39 is 0 Å². The van der Waals surface area contributed by atoms with Crippen molar-refractivity contribution in [2.45, 2.75) is 6.92 Å². The maximum absolute atomic E-state index is 6.07. The normalized spacial score (nSPS) is 10.1. The lowest BCUT2D eigenvalue weighted by Gasteiger charge is -2.03. The van der Waals surface area contributed by atoms with Crippen molar-refractivity contribution >= 4 is 11.6 Å². The highest BCUT2D eigenvalue weighted by Gasteiger charge is 2.03. The van der Waals surface area contributed by atoms with Gasteiger partial charge in [-0.2, -0.15) is 0 Å². The maximum Gasteiger partial charge on any atom is 0.0891 e. The summed E-state index contributed by atoms with van der Waals surface area (Å²) in [6.07, 6.45) is 0. The van der Waals surface area contributed by atoms with Crippen molar-refractivity contribution in [1.29, 1.82) is 0 Å². The zero-order valence-corrected chi connectivity index (χ0v) is 8.62. The van der Waals surface area contributed by atoms with Gasteiger partial charge in [-0.05, 0) is 19.1 Å². The van der Waals surface area contributed by atoms with Gasteiger partial charge in [0, 0.05) is 11.3 Å². The fourth-order valence-corrected chi connectivity index (χ4v) is 1.55. The Labute approximate surface area is 88.4 Å². The first kappa shape index (κ1) is 9.22. The van der Waals surface area contributed by atoms with Crippen LogP contribution in [0.5, 0.6) is 0 Å². The summed E-state index contributed by atoms with van der Waals surface area (Å²) in [6, 6.07) is 13.8. The summed E-state index contributed by atoms with van der Waals surface area (Å²) in [6.45, 7) is 1.96. The second-order valence-electron chi connectivity index (χ2n) is 3.15. The molecular formula is C12H10ClN. The molecule has 0 N–H and O–H groups in total. The van der Waals surface area contributed by atoms with Gasteiger partial charge in [0.05, 0.1) is 10.7 Å². The van der Waals surface area contributed by atoms with Crippen LogP contribution in [0.3, 0.4) is 0 Å². The van der Waals surface area contributed by atoms with Gasteiger partial charge in [-0.25, -0.2) is 0 Å². The molecule has 14 heavy (non-hydrogen) atoms. The predicted octanol–water partition coefficient (Wildman–Crippen LogP) is 3.71. The summed E-state index contributed by atoms with van der Waals surface area (Å²) in [7, 11) is 0. The van der Waals surface area contributed by atoms with Crippen molar-refractivity contribution in [3.8, 4) is 11.3 Å². The molecule has 1 heterocycles. The zero-order chi connectivity index (χ0) is 9.97. The van der Waals surface area contributed by atoms with Gasteiger partial charge in [-0.3, -0.25) is 4.98 Å². The molecule has 0 radical (unpaired) electrons. The van der Waals surface area contributed by atoms with Crippen molar-refractivity contribution in [3.63, 3.8) is 0 Å². The molecule has 0 saturated carbocycles. The van der Waals surface area contributed by atoms with E-state index in [1.807, 2.05) is 49.4 Å². The molecule has 70 valence electrons. The number of pyridine rings is 1. The highest BCUT2D eigenvalue weighted by Crippen LogP contribution is 2.25. The van der Waals surface area contributed by atoms with Gasteiger partial charge >= 0.3 is 0 Å². The Kier molecular flexibility index (Phi) is 2.51. The Morgan fingerprint density at radius 2 is 1.71 bits per heavy atom. The summed E-state index contributed by atoms with van der Waals surface area (Å²) in [5.41, 5.74) is 2.89. The van der Waals surface area contributed by atoms with Gasteiger partial charge in [0.25, 0.3) is 0 Å². The van der Waals surface area contributed by atoms with E-state index in [0.717, 1.165) is 17.0 Å². The van der Waals surface area contributed by atoms with Gasteiger partial charge in [-0.15, -0.1) is 0 Å². The lowest BCUT2D eigenvalue weighted by atomic mass is 10.1. The molecule has 1 aromatic carbocycles. The third-order valence-electron chi connectivity index (χ3n) is 2.03. The molecule has 0 fully saturated rings. The Balaban J connectivity index is 2.57. The number of aryl methyl sites for hydroxylation is 1. The minimum Gasteiger partial charge on any atom is -0.252 e. The van der Waals surface area contributed by atoms with E-state index in [0.29, 0.717) is 5.02 Å². The molecule has 2 rings (SSSR count). The molecule has 1 aromatic heterocycles. The van der Waals surface area contributed by atoms with Crippen molar-refractivity contribution in [2.24, 2.45) is 0 Å². The lowest BCUT2D eigenvalue weighted by Crippen LogP contribution is -1.87. The second kappa shape index (κ2) is 3.81. The standard InChI is InChI=1S/C12H10ClN/c1-9-7-8-11(13)12(14-9)10-5-3-2-4-6-10/h2-8H,1H3. The summed E-state index contributed by atoms with van der Waals surface area (Å²) in [5.74, 6) is 0. The zero-order valence-electron chi connectivity index (χ0n) is 7.87. The fourth-order valence-electron chi connectivity index (χ4n) is 1.34. The molecule has 1 nitrogen and oxygen atoms in total. The molecule has 2 heteroatoms. The summed E-state index contributed by atoms with van der Waals surface area (Å²) in [4.78, 5) is 4.41. The number of hydrogen-bond acceptors (Lipinski definition) is 1. The number of rotatable bonds is 1. The van der Waals surface area contributed by atoms with Crippen LogP contribution in [0, 0.1) is 6.92 Å². The molecule has 0 aliphatic carbocycles. The van der Waals surface area contributed by atoms with Gasteiger partial charge in [0.1, 0.15) is 0 Å². The van der Waals surface area contributed by atoms with Gasteiger partial charge in [0.2, 0.25) is 0 Å². The molecule has 0 saturated heterocycles. The molecule has 0 spiro atoms. The molecule has 0 bridgehead atoms. The SMILES string of the molecule is Cc1ccc(Cl)c(-c2ccccc2)n1. The van der Waals surface area contributed by atoms with Crippen LogP contribution < -0.4 is 0 Å². The van der Waals surface area contributed by atoms with E-state index in [1.165, 1.54) is 0 Å². The average molecular weight is 204 g/mol. The number of hydrogen-bond donors (Lipinski definition) is 0. The minimum atomic E-state index is 0.696. The number of nitrogens with zero attached hydrogens (tertiary/aromatic N) is 1. The van der Waals surface area contributed by atoms with Gasteiger partial charge in [0.15, 0.2) is 0 Å². The summed E-state index contributed by atoms with van der Waals surface area (Å²) < 4.78 is 0. The van der Waals surface area contributed by atoms with Crippen molar-refractivity contribution in [3.05, 3.63) is 53.2 Å². The smallest absolute Gasteiger partial charge is 0.0891 e. The number of aromatic nitrogens is 1. The van der Waals surface area contributed by atoms with Crippen LogP contribution in [0.4, 0.5) is 0 Å². The predicted molar refractivity (Wildman–Crippen MR) is 59.4 cm³/mol. The van der Waals surface area contributed by atoms with Crippen LogP contribution in [-0.2, 0) is 0 Å². The summed E-state index contributed by atoms with van der Waals surface area (Å²) in [5, 5.41) is 0.696. The van der Waals surface area contributed by atoms with E-state index in [1.54, 1.807) is 0 Å². The topological polar surface area (TPSA) is 12.9 Å². The Hall–Kier alpha value is -1.34. The van der Waals surface area contributed by atoms with Crippen LogP contribution in [0.2, 0.25) is 5.02 Å². The second-order valence-corrected chi connectivity index (χ2v) is 3.56. The highest BCUT2D eigenvalue weighted by atomic mass is 35.5. The molecule has 0 amide bonds. The van der Waals surface area contributed by atoms with Gasteiger partial charge < -0.3 is 0 Å². The van der Waals surface area contributed by atoms with Crippen molar-refractivity contribution < 1.29 is 0 Å². The third-order valence-corrected chi connectivity index (χ3v) is 2.34. The van der Waals surface area contributed by atoms with E-state index in [-0.39, 0.29) is 0 Å².